The summed E-state index contributed by atoms with van der Waals surface area (Å²) in [7, 11) is 0. The van der Waals surface area contributed by atoms with Crippen molar-refractivity contribution in [2.45, 2.75) is 45.4 Å². The first-order valence-electron chi connectivity index (χ1n) is 7.80. The Bertz CT molecular complexity index is 619. The number of Topliss-reactive ketones (excluding diaryl/α,β-unsaturated/α-hetero) is 1. The molecule has 0 aliphatic heterocycles. The number of benzene rings is 2. The Morgan fingerprint density at radius 1 is 0.950 bits per heavy atom. The van der Waals surface area contributed by atoms with Crippen LogP contribution in [0.5, 0.6) is 0 Å². The van der Waals surface area contributed by atoms with Gasteiger partial charge < -0.3 is 0 Å². The molecule has 0 amide bonds. The van der Waals surface area contributed by atoms with E-state index in [9.17, 15) is 4.79 Å². The van der Waals surface area contributed by atoms with Gasteiger partial charge in [-0.1, -0.05) is 62.1 Å². The van der Waals surface area contributed by atoms with Gasteiger partial charge in [-0.15, -0.1) is 0 Å². The topological polar surface area (TPSA) is 17.1 Å². The maximum absolute atomic E-state index is 13.0. The molecule has 0 atom stereocenters. The van der Waals surface area contributed by atoms with Crippen molar-refractivity contribution in [3.8, 4) is 0 Å². The molecule has 0 aromatic heterocycles. The smallest absolute Gasteiger partial charge is 0.166 e. The molecule has 104 valence electrons. The number of hydrogen-bond donors (Lipinski definition) is 0. The normalized spacial score (nSPS) is 17.1. The Hall–Kier alpha value is -1.63. The van der Waals surface area contributed by atoms with Crippen molar-refractivity contribution in [3.05, 3.63) is 47.5 Å². The molecule has 2 aromatic rings. The van der Waals surface area contributed by atoms with Gasteiger partial charge in [0.1, 0.15) is 0 Å². The highest BCUT2D eigenvalue weighted by molar-refractivity contribution is 6.10. The SMILES string of the molecule is Cc1ccc2ccccc2c1C(=O)C1CCCCCC1. The monoisotopic (exact) mass is 266 g/mol. The molecule has 0 unspecified atom stereocenters. The Morgan fingerprint density at radius 2 is 1.65 bits per heavy atom. The van der Waals surface area contributed by atoms with E-state index in [2.05, 4.69) is 31.2 Å². The van der Waals surface area contributed by atoms with Crippen LogP contribution in [0.25, 0.3) is 10.8 Å². The molecule has 1 aliphatic rings. The van der Waals surface area contributed by atoms with Gasteiger partial charge in [-0.3, -0.25) is 4.79 Å². The number of carbonyl (C=O) groups is 1. The van der Waals surface area contributed by atoms with Crippen molar-refractivity contribution in [1.29, 1.82) is 0 Å². The van der Waals surface area contributed by atoms with E-state index in [4.69, 9.17) is 0 Å². The first-order valence-corrected chi connectivity index (χ1v) is 7.80. The van der Waals surface area contributed by atoms with E-state index in [0.717, 1.165) is 29.4 Å². The summed E-state index contributed by atoms with van der Waals surface area (Å²) in [5.74, 6) is 0.614. The molecule has 20 heavy (non-hydrogen) atoms. The summed E-state index contributed by atoms with van der Waals surface area (Å²) in [6, 6.07) is 12.5. The standard InChI is InChI=1S/C19H22O/c1-14-12-13-15-8-6-7-11-17(15)18(14)19(20)16-9-4-2-3-5-10-16/h6-8,11-13,16H,2-5,9-10H2,1H3. The molecule has 3 rings (SSSR count). The molecular formula is C19H22O. The zero-order chi connectivity index (χ0) is 13.9. The van der Waals surface area contributed by atoms with Crippen LogP contribution in [0.15, 0.2) is 36.4 Å². The summed E-state index contributed by atoms with van der Waals surface area (Å²) >= 11 is 0. The Balaban J connectivity index is 2.04. The highest BCUT2D eigenvalue weighted by atomic mass is 16.1. The van der Waals surface area contributed by atoms with Crippen LogP contribution in [0, 0.1) is 12.8 Å². The largest absolute Gasteiger partial charge is 0.294 e. The van der Waals surface area contributed by atoms with Crippen LogP contribution in [0.1, 0.15) is 54.4 Å². The van der Waals surface area contributed by atoms with Crippen molar-refractivity contribution >= 4 is 16.6 Å². The molecule has 0 bridgehead atoms. The third kappa shape index (κ3) is 2.49. The number of aryl methyl sites for hydroxylation is 1. The van der Waals surface area contributed by atoms with Crippen LogP contribution >= 0.6 is 0 Å². The number of carbonyl (C=O) groups excluding carboxylic acids is 1. The van der Waals surface area contributed by atoms with E-state index in [1.165, 1.54) is 31.1 Å². The van der Waals surface area contributed by atoms with Crippen LogP contribution in [-0.4, -0.2) is 5.78 Å². The van der Waals surface area contributed by atoms with E-state index >= 15 is 0 Å². The second kappa shape index (κ2) is 5.78. The predicted octanol–water partition coefficient (Wildman–Crippen LogP) is 5.30. The average molecular weight is 266 g/mol. The van der Waals surface area contributed by atoms with Crippen LogP contribution in [0.3, 0.4) is 0 Å². The van der Waals surface area contributed by atoms with Crippen molar-refractivity contribution in [2.24, 2.45) is 5.92 Å². The highest BCUT2D eigenvalue weighted by Crippen LogP contribution is 2.30. The van der Waals surface area contributed by atoms with E-state index in [1.54, 1.807) is 0 Å². The molecule has 0 N–H and O–H groups in total. The van der Waals surface area contributed by atoms with E-state index in [0.29, 0.717) is 5.78 Å². The Morgan fingerprint density at radius 3 is 2.40 bits per heavy atom. The third-order valence-corrected chi connectivity index (χ3v) is 4.61. The molecule has 1 aliphatic carbocycles. The average Bonchev–Trinajstić information content (AvgIpc) is 2.75. The quantitative estimate of drug-likeness (QED) is 0.532. The van der Waals surface area contributed by atoms with E-state index < -0.39 is 0 Å². The predicted molar refractivity (Wildman–Crippen MR) is 84.2 cm³/mol. The summed E-state index contributed by atoms with van der Waals surface area (Å²) in [5, 5.41) is 2.30. The highest BCUT2D eigenvalue weighted by Gasteiger charge is 2.24. The summed E-state index contributed by atoms with van der Waals surface area (Å²) < 4.78 is 0. The van der Waals surface area contributed by atoms with Gasteiger partial charge in [0.15, 0.2) is 5.78 Å². The fourth-order valence-corrected chi connectivity index (χ4v) is 3.45. The molecule has 0 saturated heterocycles. The summed E-state index contributed by atoms with van der Waals surface area (Å²) in [6.07, 6.45) is 7.14. The number of rotatable bonds is 2. The molecule has 1 heteroatoms. The fraction of sp³-hybridized carbons (Fsp3) is 0.421. The molecule has 1 saturated carbocycles. The Kier molecular flexibility index (Phi) is 3.86. The first kappa shape index (κ1) is 13.4. The number of hydrogen-bond acceptors (Lipinski definition) is 1. The minimum atomic E-state index is 0.238. The Labute approximate surface area is 121 Å². The van der Waals surface area contributed by atoms with Gasteiger partial charge in [-0.25, -0.2) is 0 Å². The lowest BCUT2D eigenvalue weighted by Gasteiger charge is -2.16. The molecule has 1 nitrogen and oxygen atoms in total. The molecular weight excluding hydrogens is 244 g/mol. The maximum Gasteiger partial charge on any atom is 0.166 e. The first-order chi connectivity index (χ1) is 9.77. The number of fused-ring (bicyclic) bond motifs is 1. The zero-order valence-corrected chi connectivity index (χ0v) is 12.2. The van der Waals surface area contributed by atoms with Gasteiger partial charge in [0, 0.05) is 11.5 Å². The van der Waals surface area contributed by atoms with Gasteiger partial charge in [0.05, 0.1) is 0 Å². The lowest BCUT2D eigenvalue weighted by molar-refractivity contribution is 0.0909. The zero-order valence-electron chi connectivity index (χ0n) is 12.2. The third-order valence-electron chi connectivity index (χ3n) is 4.61. The van der Waals surface area contributed by atoms with Crippen LogP contribution in [0.2, 0.25) is 0 Å². The fourth-order valence-electron chi connectivity index (χ4n) is 3.45. The second-order valence-electron chi connectivity index (χ2n) is 6.03. The van der Waals surface area contributed by atoms with Crippen LogP contribution < -0.4 is 0 Å². The lowest BCUT2D eigenvalue weighted by atomic mass is 9.86. The maximum atomic E-state index is 13.0. The van der Waals surface area contributed by atoms with Crippen molar-refractivity contribution in [1.82, 2.24) is 0 Å². The molecule has 1 fully saturated rings. The van der Waals surface area contributed by atoms with Gasteiger partial charge >= 0.3 is 0 Å². The summed E-state index contributed by atoms with van der Waals surface area (Å²) in [5.41, 5.74) is 2.09. The molecule has 0 spiro atoms. The van der Waals surface area contributed by atoms with E-state index in [-0.39, 0.29) is 5.92 Å². The van der Waals surface area contributed by atoms with Gasteiger partial charge in [0.2, 0.25) is 0 Å². The van der Waals surface area contributed by atoms with Crippen molar-refractivity contribution in [3.63, 3.8) is 0 Å². The molecule has 0 radical (unpaired) electrons. The minimum Gasteiger partial charge on any atom is -0.294 e. The van der Waals surface area contributed by atoms with Crippen LogP contribution in [0.4, 0.5) is 0 Å². The number of ketones is 1. The van der Waals surface area contributed by atoms with Crippen molar-refractivity contribution in [2.75, 3.05) is 0 Å². The summed E-state index contributed by atoms with van der Waals surface area (Å²) in [4.78, 5) is 13.0. The molecule has 2 aromatic carbocycles. The molecule has 0 heterocycles. The van der Waals surface area contributed by atoms with Crippen LogP contribution in [-0.2, 0) is 0 Å². The van der Waals surface area contributed by atoms with Gasteiger partial charge in [0.25, 0.3) is 0 Å². The summed E-state index contributed by atoms with van der Waals surface area (Å²) in [6.45, 7) is 2.07. The lowest BCUT2D eigenvalue weighted by Crippen LogP contribution is -2.15. The van der Waals surface area contributed by atoms with Gasteiger partial charge in [-0.2, -0.15) is 0 Å². The van der Waals surface area contributed by atoms with E-state index in [1.807, 2.05) is 12.1 Å². The van der Waals surface area contributed by atoms with Crippen molar-refractivity contribution < 1.29 is 4.79 Å². The minimum absolute atomic E-state index is 0.238. The van der Waals surface area contributed by atoms with Gasteiger partial charge in [-0.05, 0) is 36.1 Å². The second-order valence-corrected chi connectivity index (χ2v) is 6.03.